The van der Waals surface area contributed by atoms with Gasteiger partial charge in [-0.3, -0.25) is 0 Å². The maximum atomic E-state index is 11.6. The molecule has 0 radical (unpaired) electrons. The molecule has 0 aromatic heterocycles. The third-order valence-corrected chi connectivity index (χ3v) is 3.05. The van der Waals surface area contributed by atoms with Gasteiger partial charge in [-0.05, 0) is 31.6 Å². The topological polar surface area (TPSA) is 78.4 Å². The van der Waals surface area contributed by atoms with Crippen LogP contribution in [0, 0.1) is 11.8 Å². The van der Waals surface area contributed by atoms with Gasteiger partial charge in [0.2, 0.25) is 0 Å². The predicted octanol–water partition coefficient (Wildman–Crippen LogP) is 2.22. The summed E-state index contributed by atoms with van der Waals surface area (Å²) in [6, 6.07) is -0.419. The third-order valence-electron chi connectivity index (χ3n) is 3.05. The van der Waals surface area contributed by atoms with Gasteiger partial charge in [0, 0.05) is 6.54 Å². The van der Waals surface area contributed by atoms with Crippen molar-refractivity contribution in [1.82, 2.24) is 10.6 Å². The van der Waals surface area contributed by atoms with Gasteiger partial charge in [0.25, 0.3) is 0 Å². The first-order valence-corrected chi connectivity index (χ1v) is 6.50. The van der Waals surface area contributed by atoms with Crippen LogP contribution >= 0.6 is 0 Å². The minimum absolute atomic E-state index is 0.345. The number of nitrogens with one attached hydrogen (secondary N) is 2. The Kier molecular flexibility index (Phi) is 6.73. The molecule has 18 heavy (non-hydrogen) atoms. The van der Waals surface area contributed by atoms with Crippen LogP contribution in [0.1, 0.15) is 47.5 Å². The summed E-state index contributed by atoms with van der Waals surface area (Å²) in [4.78, 5) is 22.7. The molecule has 0 fully saturated rings. The SMILES string of the molecule is CCC(C)(NC(=O)NCC(C)CC(C)C)C(=O)O. The van der Waals surface area contributed by atoms with Gasteiger partial charge in [0.15, 0.2) is 0 Å². The minimum atomic E-state index is -1.20. The molecule has 0 spiro atoms. The molecule has 0 aromatic carbocycles. The van der Waals surface area contributed by atoms with Crippen LogP contribution in [0.15, 0.2) is 0 Å². The number of hydrogen-bond acceptors (Lipinski definition) is 2. The van der Waals surface area contributed by atoms with E-state index in [1.165, 1.54) is 6.92 Å². The molecule has 0 heterocycles. The van der Waals surface area contributed by atoms with Crippen LogP contribution in [-0.4, -0.2) is 29.2 Å². The molecule has 0 aliphatic heterocycles. The van der Waals surface area contributed by atoms with Crippen molar-refractivity contribution in [2.45, 2.75) is 53.0 Å². The van der Waals surface area contributed by atoms with Crippen LogP contribution in [0.2, 0.25) is 0 Å². The lowest BCUT2D eigenvalue weighted by atomic mass is 9.98. The van der Waals surface area contributed by atoms with Crippen LogP contribution in [0.3, 0.4) is 0 Å². The van der Waals surface area contributed by atoms with Crippen molar-refractivity contribution in [3.05, 3.63) is 0 Å². The number of rotatable bonds is 7. The molecule has 106 valence electrons. The number of urea groups is 1. The first kappa shape index (κ1) is 16.7. The molecule has 0 saturated heterocycles. The first-order valence-electron chi connectivity index (χ1n) is 6.50. The molecule has 0 aliphatic carbocycles. The highest BCUT2D eigenvalue weighted by Gasteiger charge is 2.32. The summed E-state index contributed by atoms with van der Waals surface area (Å²) >= 11 is 0. The van der Waals surface area contributed by atoms with E-state index < -0.39 is 17.5 Å². The van der Waals surface area contributed by atoms with Crippen molar-refractivity contribution in [2.24, 2.45) is 11.8 Å². The molecule has 2 amide bonds. The zero-order valence-corrected chi connectivity index (χ0v) is 12.0. The highest BCUT2D eigenvalue weighted by Crippen LogP contribution is 2.10. The molecule has 5 nitrogen and oxygen atoms in total. The Morgan fingerprint density at radius 3 is 2.22 bits per heavy atom. The molecule has 3 N–H and O–H groups in total. The number of carboxylic acids is 1. The lowest BCUT2D eigenvalue weighted by Gasteiger charge is -2.25. The van der Waals surface area contributed by atoms with E-state index in [9.17, 15) is 9.59 Å². The molecular weight excluding hydrogens is 232 g/mol. The molecule has 0 bridgehead atoms. The quantitative estimate of drug-likeness (QED) is 0.655. The third kappa shape index (κ3) is 5.89. The largest absolute Gasteiger partial charge is 0.480 e. The Labute approximate surface area is 109 Å². The van der Waals surface area contributed by atoms with Crippen LogP contribution in [0.25, 0.3) is 0 Å². The van der Waals surface area contributed by atoms with Crippen molar-refractivity contribution in [2.75, 3.05) is 6.54 Å². The number of carbonyl (C=O) groups is 2. The molecule has 5 heteroatoms. The molecule has 2 unspecified atom stereocenters. The van der Waals surface area contributed by atoms with Crippen molar-refractivity contribution >= 4 is 12.0 Å². The summed E-state index contributed by atoms with van der Waals surface area (Å²) < 4.78 is 0. The van der Waals surface area contributed by atoms with Crippen LogP contribution in [0.5, 0.6) is 0 Å². The van der Waals surface area contributed by atoms with Gasteiger partial charge < -0.3 is 15.7 Å². The fourth-order valence-corrected chi connectivity index (χ4v) is 1.74. The second-order valence-electron chi connectivity index (χ2n) is 5.56. The molecule has 2 atom stereocenters. The van der Waals surface area contributed by atoms with E-state index in [1.807, 2.05) is 0 Å². The first-order chi connectivity index (χ1) is 8.21. The van der Waals surface area contributed by atoms with Crippen molar-refractivity contribution < 1.29 is 14.7 Å². The summed E-state index contributed by atoms with van der Waals surface area (Å²) in [5.74, 6) is -0.0476. The maximum absolute atomic E-state index is 11.6. The summed E-state index contributed by atoms with van der Waals surface area (Å²) in [5, 5.41) is 14.3. The van der Waals surface area contributed by atoms with E-state index in [0.29, 0.717) is 24.8 Å². The van der Waals surface area contributed by atoms with E-state index >= 15 is 0 Å². The van der Waals surface area contributed by atoms with Crippen molar-refractivity contribution in [3.63, 3.8) is 0 Å². The zero-order valence-electron chi connectivity index (χ0n) is 12.0. The number of hydrogen-bond donors (Lipinski definition) is 3. The number of carboxylic acid groups (broad SMARTS) is 1. The standard InChI is InChI=1S/C13H26N2O3/c1-6-13(5,11(16)17)15-12(18)14-8-10(4)7-9(2)3/h9-10H,6-8H2,1-5H3,(H,16,17)(H2,14,15,18). The lowest BCUT2D eigenvalue weighted by molar-refractivity contribution is -0.143. The number of carbonyl (C=O) groups excluding carboxylic acids is 1. The Bertz CT molecular complexity index is 292. The Hall–Kier alpha value is -1.26. The summed E-state index contributed by atoms with van der Waals surface area (Å²) in [5.41, 5.74) is -1.20. The average Bonchev–Trinajstić information content (AvgIpc) is 2.25. The highest BCUT2D eigenvalue weighted by atomic mass is 16.4. The van der Waals surface area contributed by atoms with Gasteiger partial charge in [0.05, 0.1) is 0 Å². The molecule has 0 aliphatic rings. The van der Waals surface area contributed by atoms with Crippen LogP contribution < -0.4 is 10.6 Å². The van der Waals surface area contributed by atoms with Gasteiger partial charge in [-0.15, -0.1) is 0 Å². The summed E-state index contributed by atoms with van der Waals surface area (Å²) in [6.45, 7) is 10.1. The number of amides is 2. The minimum Gasteiger partial charge on any atom is -0.480 e. The van der Waals surface area contributed by atoms with Gasteiger partial charge >= 0.3 is 12.0 Å². The van der Waals surface area contributed by atoms with Crippen LogP contribution in [-0.2, 0) is 4.79 Å². The average molecular weight is 258 g/mol. The fourth-order valence-electron chi connectivity index (χ4n) is 1.74. The lowest BCUT2D eigenvalue weighted by Crippen LogP contribution is -2.55. The van der Waals surface area contributed by atoms with E-state index in [1.54, 1.807) is 6.92 Å². The predicted molar refractivity (Wildman–Crippen MR) is 71.5 cm³/mol. The summed E-state index contributed by atoms with van der Waals surface area (Å²) in [6.07, 6.45) is 1.38. The fraction of sp³-hybridized carbons (Fsp3) is 0.846. The van der Waals surface area contributed by atoms with Crippen molar-refractivity contribution in [3.8, 4) is 0 Å². The van der Waals surface area contributed by atoms with E-state index in [2.05, 4.69) is 31.4 Å². The van der Waals surface area contributed by atoms with Crippen LogP contribution in [0.4, 0.5) is 4.79 Å². The zero-order chi connectivity index (χ0) is 14.3. The highest BCUT2D eigenvalue weighted by molar-refractivity contribution is 5.85. The van der Waals surface area contributed by atoms with Gasteiger partial charge in [-0.2, -0.15) is 0 Å². The molecule has 0 aromatic rings. The molecule has 0 rings (SSSR count). The van der Waals surface area contributed by atoms with Gasteiger partial charge in [-0.25, -0.2) is 9.59 Å². The van der Waals surface area contributed by atoms with Gasteiger partial charge in [-0.1, -0.05) is 27.7 Å². The second-order valence-corrected chi connectivity index (χ2v) is 5.56. The Balaban J connectivity index is 4.15. The van der Waals surface area contributed by atoms with E-state index in [4.69, 9.17) is 5.11 Å². The normalized spacial score (nSPS) is 15.9. The summed E-state index contributed by atoms with van der Waals surface area (Å²) in [7, 11) is 0. The van der Waals surface area contributed by atoms with E-state index in [0.717, 1.165) is 6.42 Å². The Morgan fingerprint density at radius 1 is 1.28 bits per heavy atom. The maximum Gasteiger partial charge on any atom is 0.329 e. The number of aliphatic carboxylic acids is 1. The Morgan fingerprint density at radius 2 is 1.83 bits per heavy atom. The monoisotopic (exact) mass is 258 g/mol. The van der Waals surface area contributed by atoms with E-state index in [-0.39, 0.29) is 0 Å². The molecular formula is C13H26N2O3. The van der Waals surface area contributed by atoms with Gasteiger partial charge in [0.1, 0.15) is 5.54 Å². The second kappa shape index (κ2) is 7.24. The smallest absolute Gasteiger partial charge is 0.329 e. The van der Waals surface area contributed by atoms with Crippen molar-refractivity contribution in [1.29, 1.82) is 0 Å². The molecule has 0 saturated carbocycles.